The van der Waals surface area contributed by atoms with Crippen LogP contribution in [0.2, 0.25) is 5.02 Å². The van der Waals surface area contributed by atoms with Crippen LogP contribution >= 0.6 is 11.6 Å². The Balaban J connectivity index is 1.78. The van der Waals surface area contributed by atoms with E-state index in [1.54, 1.807) is 31.4 Å². The molecule has 0 atom stereocenters. The Labute approximate surface area is 146 Å². The standard InChI is InChI=1S/C18H21ClN2O3/c1-12-10-14(5-7-15(12)19)24-9-3-4-18(22)21-17-11-13(23-2)6-8-16(17)20/h5-8,10-11H,3-4,9,20H2,1-2H3,(H,21,22). The average Bonchev–Trinajstić information content (AvgIpc) is 2.57. The smallest absolute Gasteiger partial charge is 0.224 e. The zero-order valence-electron chi connectivity index (χ0n) is 13.8. The molecule has 2 rings (SSSR count). The number of anilines is 2. The van der Waals surface area contributed by atoms with Crippen molar-refractivity contribution >= 4 is 28.9 Å². The zero-order chi connectivity index (χ0) is 17.5. The van der Waals surface area contributed by atoms with E-state index < -0.39 is 0 Å². The Hall–Kier alpha value is -2.40. The number of nitrogen functional groups attached to an aromatic ring is 1. The number of halogens is 1. The molecule has 0 aliphatic rings. The van der Waals surface area contributed by atoms with Gasteiger partial charge in [0, 0.05) is 17.5 Å². The van der Waals surface area contributed by atoms with E-state index >= 15 is 0 Å². The van der Waals surface area contributed by atoms with E-state index in [1.165, 1.54) is 0 Å². The van der Waals surface area contributed by atoms with Crippen molar-refractivity contribution in [1.82, 2.24) is 0 Å². The highest BCUT2D eigenvalue weighted by Crippen LogP contribution is 2.24. The van der Waals surface area contributed by atoms with Gasteiger partial charge in [0.1, 0.15) is 11.5 Å². The lowest BCUT2D eigenvalue weighted by atomic mass is 10.2. The summed E-state index contributed by atoms with van der Waals surface area (Å²) in [5.74, 6) is 1.26. The zero-order valence-corrected chi connectivity index (χ0v) is 14.5. The molecular weight excluding hydrogens is 328 g/mol. The van der Waals surface area contributed by atoms with E-state index in [2.05, 4.69) is 5.32 Å². The molecule has 1 amide bonds. The van der Waals surface area contributed by atoms with Crippen molar-refractivity contribution in [1.29, 1.82) is 0 Å². The van der Waals surface area contributed by atoms with E-state index in [-0.39, 0.29) is 5.91 Å². The van der Waals surface area contributed by atoms with Crippen molar-refractivity contribution in [3.05, 3.63) is 47.0 Å². The summed E-state index contributed by atoms with van der Waals surface area (Å²) in [6.45, 7) is 2.36. The first-order valence-electron chi connectivity index (χ1n) is 7.62. The molecule has 0 aliphatic carbocycles. The van der Waals surface area contributed by atoms with E-state index in [4.69, 9.17) is 26.8 Å². The van der Waals surface area contributed by atoms with Gasteiger partial charge in [-0.05, 0) is 49.2 Å². The van der Waals surface area contributed by atoms with Gasteiger partial charge in [0.15, 0.2) is 0 Å². The van der Waals surface area contributed by atoms with Gasteiger partial charge in [0.25, 0.3) is 0 Å². The summed E-state index contributed by atoms with van der Waals surface area (Å²) < 4.78 is 10.7. The number of carbonyl (C=O) groups is 1. The Morgan fingerprint density at radius 2 is 1.96 bits per heavy atom. The van der Waals surface area contributed by atoms with Gasteiger partial charge in [-0.25, -0.2) is 0 Å². The molecule has 0 saturated heterocycles. The van der Waals surface area contributed by atoms with Gasteiger partial charge in [0.2, 0.25) is 5.91 Å². The largest absolute Gasteiger partial charge is 0.497 e. The lowest BCUT2D eigenvalue weighted by Gasteiger charge is -2.10. The second kappa shape index (κ2) is 8.45. The lowest BCUT2D eigenvalue weighted by molar-refractivity contribution is -0.116. The Bertz CT molecular complexity index is 719. The summed E-state index contributed by atoms with van der Waals surface area (Å²) in [4.78, 5) is 12.0. The molecule has 5 nitrogen and oxygen atoms in total. The molecule has 0 spiro atoms. The third-order valence-corrected chi connectivity index (χ3v) is 3.90. The van der Waals surface area contributed by atoms with Gasteiger partial charge in [-0.2, -0.15) is 0 Å². The van der Waals surface area contributed by atoms with Crippen LogP contribution in [0.15, 0.2) is 36.4 Å². The Morgan fingerprint density at radius 3 is 2.67 bits per heavy atom. The molecule has 6 heteroatoms. The molecule has 2 aromatic carbocycles. The highest BCUT2D eigenvalue weighted by molar-refractivity contribution is 6.31. The minimum Gasteiger partial charge on any atom is -0.497 e. The number of nitrogens with one attached hydrogen (secondary N) is 1. The SMILES string of the molecule is COc1ccc(N)c(NC(=O)CCCOc2ccc(Cl)c(C)c2)c1. The van der Waals surface area contributed by atoms with Crippen LogP contribution in [0.4, 0.5) is 11.4 Å². The molecule has 2 aromatic rings. The number of ether oxygens (including phenoxy) is 2. The minimum absolute atomic E-state index is 0.120. The van der Waals surface area contributed by atoms with Crippen LogP contribution in [0.25, 0.3) is 0 Å². The van der Waals surface area contributed by atoms with E-state index in [0.717, 1.165) is 11.3 Å². The Kier molecular flexibility index (Phi) is 6.32. The second-order valence-corrected chi connectivity index (χ2v) is 5.77. The van der Waals surface area contributed by atoms with E-state index in [0.29, 0.717) is 41.6 Å². The summed E-state index contributed by atoms with van der Waals surface area (Å²) in [6, 6.07) is 10.6. The molecule has 0 bridgehead atoms. The van der Waals surface area contributed by atoms with Crippen molar-refractivity contribution < 1.29 is 14.3 Å². The lowest BCUT2D eigenvalue weighted by Crippen LogP contribution is -2.14. The molecule has 0 aliphatic heterocycles. The van der Waals surface area contributed by atoms with Crippen LogP contribution in [-0.2, 0) is 4.79 Å². The predicted octanol–water partition coefficient (Wildman–Crippen LogP) is 4.04. The third-order valence-electron chi connectivity index (χ3n) is 3.48. The quantitative estimate of drug-likeness (QED) is 0.585. The molecule has 0 radical (unpaired) electrons. The number of nitrogens with two attached hydrogens (primary N) is 1. The number of hydrogen-bond acceptors (Lipinski definition) is 4. The number of hydrogen-bond donors (Lipinski definition) is 2. The highest BCUT2D eigenvalue weighted by Gasteiger charge is 2.07. The van der Waals surface area contributed by atoms with Crippen LogP contribution in [0.1, 0.15) is 18.4 Å². The number of rotatable bonds is 7. The van der Waals surface area contributed by atoms with Crippen molar-refractivity contribution in [3.63, 3.8) is 0 Å². The molecule has 0 fully saturated rings. The number of benzene rings is 2. The maximum absolute atomic E-state index is 12.0. The van der Waals surface area contributed by atoms with Crippen molar-refractivity contribution in [2.45, 2.75) is 19.8 Å². The molecule has 0 unspecified atom stereocenters. The van der Waals surface area contributed by atoms with Crippen LogP contribution < -0.4 is 20.5 Å². The molecule has 0 heterocycles. The van der Waals surface area contributed by atoms with Crippen molar-refractivity contribution in [2.24, 2.45) is 0 Å². The van der Waals surface area contributed by atoms with Gasteiger partial charge in [-0.3, -0.25) is 4.79 Å². The third kappa shape index (κ3) is 5.06. The minimum atomic E-state index is -0.120. The van der Waals surface area contributed by atoms with E-state index in [9.17, 15) is 4.79 Å². The molecule has 3 N–H and O–H groups in total. The fourth-order valence-electron chi connectivity index (χ4n) is 2.11. The first kappa shape index (κ1) is 17.9. The van der Waals surface area contributed by atoms with E-state index in [1.807, 2.05) is 19.1 Å². The van der Waals surface area contributed by atoms with Crippen LogP contribution in [0.5, 0.6) is 11.5 Å². The van der Waals surface area contributed by atoms with Gasteiger partial charge in [0.05, 0.1) is 25.1 Å². The highest BCUT2D eigenvalue weighted by atomic mass is 35.5. The maximum atomic E-state index is 12.0. The normalized spacial score (nSPS) is 10.3. The predicted molar refractivity (Wildman–Crippen MR) is 97.0 cm³/mol. The Morgan fingerprint density at radius 1 is 1.21 bits per heavy atom. The fraction of sp³-hybridized carbons (Fsp3) is 0.278. The molecule has 128 valence electrons. The first-order chi connectivity index (χ1) is 11.5. The van der Waals surface area contributed by atoms with Crippen LogP contribution in [0.3, 0.4) is 0 Å². The van der Waals surface area contributed by atoms with Crippen molar-refractivity contribution in [2.75, 3.05) is 24.8 Å². The fourth-order valence-corrected chi connectivity index (χ4v) is 2.23. The first-order valence-corrected chi connectivity index (χ1v) is 7.99. The summed E-state index contributed by atoms with van der Waals surface area (Å²) in [5, 5.41) is 3.49. The number of amides is 1. The summed E-state index contributed by atoms with van der Waals surface area (Å²) in [6.07, 6.45) is 0.931. The summed E-state index contributed by atoms with van der Waals surface area (Å²) in [5.41, 5.74) is 7.85. The summed E-state index contributed by atoms with van der Waals surface area (Å²) >= 11 is 5.97. The van der Waals surface area contributed by atoms with Crippen LogP contribution in [0, 0.1) is 6.92 Å². The topological polar surface area (TPSA) is 73.6 Å². The van der Waals surface area contributed by atoms with Gasteiger partial charge >= 0.3 is 0 Å². The number of carbonyl (C=O) groups excluding carboxylic acids is 1. The molecular formula is C18H21ClN2O3. The maximum Gasteiger partial charge on any atom is 0.224 e. The van der Waals surface area contributed by atoms with Crippen LogP contribution in [-0.4, -0.2) is 19.6 Å². The number of aryl methyl sites for hydroxylation is 1. The molecule has 0 saturated carbocycles. The molecule has 0 aromatic heterocycles. The van der Waals surface area contributed by atoms with Gasteiger partial charge < -0.3 is 20.5 Å². The number of methoxy groups -OCH3 is 1. The molecule has 24 heavy (non-hydrogen) atoms. The summed E-state index contributed by atoms with van der Waals surface area (Å²) in [7, 11) is 1.56. The average molecular weight is 349 g/mol. The van der Waals surface area contributed by atoms with Gasteiger partial charge in [-0.1, -0.05) is 11.6 Å². The monoisotopic (exact) mass is 348 g/mol. The van der Waals surface area contributed by atoms with Crippen molar-refractivity contribution in [3.8, 4) is 11.5 Å². The second-order valence-electron chi connectivity index (χ2n) is 5.36. The van der Waals surface area contributed by atoms with Gasteiger partial charge in [-0.15, -0.1) is 0 Å².